The van der Waals surface area contributed by atoms with E-state index in [0.29, 0.717) is 0 Å². The average molecular weight is 200 g/mol. The van der Waals surface area contributed by atoms with Crippen molar-refractivity contribution in [3.8, 4) is 0 Å². The smallest absolute Gasteiger partial charge is 0.457 e. The van der Waals surface area contributed by atoms with Crippen molar-refractivity contribution in [1.82, 2.24) is 0 Å². The molecule has 0 aromatic rings. The van der Waals surface area contributed by atoms with Crippen molar-refractivity contribution >= 4 is 11.9 Å². The summed E-state index contributed by atoms with van der Waals surface area (Å²) in [4.78, 5) is 20.2. The lowest BCUT2D eigenvalue weighted by molar-refractivity contribution is -0.200. The molecule has 0 aliphatic heterocycles. The number of hydrogen-bond donors (Lipinski definition) is 2. The van der Waals surface area contributed by atoms with Crippen molar-refractivity contribution in [2.75, 3.05) is 6.61 Å². The van der Waals surface area contributed by atoms with Crippen LogP contribution in [-0.4, -0.2) is 30.7 Å². The fraction of sp³-hybridized carbons (Fsp3) is 0.600. The van der Waals surface area contributed by atoms with Gasteiger partial charge in [0.25, 0.3) is 0 Å². The van der Waals surface area contributed by atoms with E-state index in [1.165, 1.54) is 0 Å². The molecule has 0 heterocycles. The molecule has 0 saturated heterocycles. The first-order valence-corrected chi connectivity index (χ1v) is 3.04. The summed E-state index contributed by atoms with van der Waals surface area (Å²) in [7, 11) is 0. The number of ether oxygens (including phenoxy) is 1. The van der Waals surface area contributed by atoms with Crippen LogP contribution in [0.15, 0.2) is 0 Å². The Bertz CT molecular complexity index is 216. The SMILES string of the molecule is NC(=O)[C@@H](N)COC(=O)C(F)(F)F. The van der Waals surface area contributed by atoms with Gasteiger partial charge in [0.1, 0.15) is 12.6 Å². The summed E-state index contributed by atoms with van der Waals surface area (Å²) < 4.78 is 38.0. The van der Waals surface area contributed by atoms with Gasteiger partial charge in [-0.25, -0.2) is 4.79 Å². The van der Waals surface area contributed by atoms with Crippen molar-refractivity contribution < 1.29 is 27.5 Å². The maximum absolute atomic E-state index is 11.5. The van der Waals surface area contributed by atoms with Crippen LogP contribution < -0.4 is 11.5 Å². The Labute approximate surface area is 70.8 Å². The number of alkyl halides is 3. The molecule has 5 nitrogen and oxygen atoms in total. The van der Waals surface area contributed by atoms with Crippen LogP contribution >= 0.6 is 0 Å². The van der Waals surface area contributed by atoms with E-state index in [9.17, 15) is 22.8 Å². The van der Waals surface area contributed by atoms with Crippen LogP contribution in [0.5, 0.6) is 0 Å². The first-order valence-electron chi connectivity index (χ1n) is 3.04. The van der Waals surface area contributed by atoms with E-state index in [4.69, 9.17) is 5.73 Å². The molecular weight excluding hydrogens is 193 g/mol. The summed E-state index contributed by atoms with van der Waals surface area (Å²) in [5.41, 5.74) is 9.48. The van der Waals surface area contributed by atoms with Crippen LogP contribution in [0.1, 0.15) is 0 Å². The highest BCUT2D eigenvalue weighted by Gasteiger charge is 2.41. The molecule has 1 amide bonds. The van der Waals surface area contributed by atoms with E-state index < -0.39 is 30.7 Å². The molecule has 1 atom stereocenters. The van der Waals surface area contributed by atoms with Crippen molar-refractivity contribution in [3.05, 3.63) is 0 Å². The lowest BCUT2D eigenvalue weighted by Crippen LogP contribution is -2.42. The number of esters is 1. The molecular formula is C5H7F3N2O3. The maximum atomic E-state index is 11.5. The third-order valence-corrected chi connectivity index (χ3v) is 0.991. The van der Waals surface area contributed by atoms with Gasteiger partial charge in [0, 0.05) is 0 Å². The third-order valence-electron chi connectivity index (χ3n) is 0.991. The summed E-state index contributed by atoms with van der Waals surface area (Å²) >= 11 is 0. The predicted molar refractivity (Wildman–Crippen MR) is 34.2 cm³/mol. The minimum atomic E-state index is -5.09. The Morgan fingerprint density at radius 1 is 1.38 bits per heavy atom. The first-order chi connectivity index (χ1) is 5.75. The topological polar surface area (TPSA) is 95.4 Å². The highest BCUT2D eigenvalue weighted by Crippen LogP contribution is 2.16. The van der Waals surface area contributed by atoms with Crippen molar-refractivity contribution in [3.63, 3.8) is 0 Å². The molecule has 0 aromatic heterocycles. The van der Waals surface area contributed by atoms with Gasteiger partial charge in [-0.3, -0.25) is 4.79 Å². The highest BCUT2D eigenvalue weighted by molar-refractivity contribution is 5.80. The average Bonchev–Trinajstić information content (AvgIpc) is 1.97. The Morgan fingerprint density at radius 2 is 1.85 bits per heavy atom. The molecule has 0 aliphatic carbocycles. The van der Waals surface area contributed by atoms with Crippen LogP contribution in [-0.2, 0) is 14.3 Å². The summed E-state index contributed by atoms with van der Waals surface area (Å²) in [6.07, 6.45) is -5.09. The van der Waals surface area contributed by atoms with Gasteiger partial charge < -0.3 is 16.2 Å². The molecule has 0 aromatic carbocycles. The van der Waals surface area contributed by atoms with Crippen LogP contribution in [0.3, 0.4) is 0 Å². The number of rotatable bonds is 3. The maximum Gasteiger partial charge on any atom is 0.490 e. The van der Waals surface area contributed by atoms with Crippen molar-refractivity contribution in [2.45, 2.75) is 12.2 Å². The summed E-state index contributed by atoms with van der Waals surface area (Å²) in [6.45, 7) is -0.881. The predicted octanol–water partition coefficient (Wildman–Crippen LogP) is -1.10. The van der Waals surface area contributed by atoms with Crippen LogP contribution in [0, 0.1) is 0 Å². The van der Waals surface area contributed by atoms with Gasteiger partial charge in [-0.05, 0) is 0 Å². The number of carbonyl (C=O) groups excluding carboxylic acids is 2. The minimum Gasteiger partial charge on any atom is -0.457 e. The zero-order valence-corrected chi connectivity index (χ0v) is 6.30. The molecule has 0 rings (SSSR count). The lowest BCUT2D eigenvalue weighted by Gasteiger charge is -2.09. The summed E-state index contributed by atoms with van der Waals surface area (Å²) in [6, 6.07) is -1.42. The molecule has 0 fully saturated rings. The monoisotopic (exact) mass is 200 g/mol. The fourth-order valence-corrected chi connectivity index (χ4v) is 0.329. The van der Waals surface area contributed by atoms with Gasteiger partial charge in [-0.2, -0.15) is 13.2 Å². The van der Waals surface area contributed by atoms with Crippen molar-refractivity contribution in [2.24, 2.45) is 11.5 Å². The molecule has 0 spiro atoms. The van der Waals surface area contributed by atoms with Gasteiger partial charge in [0.15, 0.2) is 0 Å². The number of primary amides is 1. The van der Waals surface area contributed by atoms with Gasteiger partial charge in [-0.15, -0.1) is 0 Å². The Morgan fingerprint density at radius 3 is 2.15 bits per heavy atom. The molecule has 0 unspecified atom stereocenters. The van der Waals surface area contributed by atoms with Gasteiger partial charge >= 0.3 is 12.1 Å². The lowest BCUT2D eigenvalue weighted by atomic mass is 10.3. The van der Waals surface area contributed by atoms with E-state index in [-0.39, 0.29) is 0 Å². The third kappa shape index (κ3) is 4.31. The van der Waals surface area contributed by atoms with Crippen LogP contribution in [0.25, 0.3) is 0 Å². The molecule has 0 saturated carbocycles. The molecule has 0 bridgehead atoms. The Hall–Kier alpha value is -1.31. The first kappa shape index (κ1) is 11.7. The number of nitrogens with two attached hydrogens (primary N) is 2. The normalized spacial score (nSPS) is 13.5. The fourth-order valence-electron chi connectivity index (χ4n) is 0.329. The van der Waals surface area contributed by atoms with Gasteiger partial charge in [0.2, 0.25) is 5.91 Å². The van der Waals surface area contributed by atoms with E-state index in [1.807, 2.05) is 0 Å². The van der Waals surface area contributed by atoms with Gasteiger partial charge in [-0.1, -0.05) is 0 Å². The standard InChI is InChI=1S/C5H7F3N2O3/c6-5(7,8)4(12)13-1-2(9)3(10)11/h2H,1,9H2,(H2,10,11)/t2-/m0/s1. The number of halogens is 3. The quantitative estimate of drug-likeness (QED) is 0.565. The molecule has 0 aliphatic rings. The largest absolute Gasteiger partial charge is 0.490 e. The second kappa shape index (κ2) is 4.08. The zero-order valence-electron chi connectivity index (χ0n) is 6.30. The molecule has 76 valence electrons. The number of carbonyl (C=O) groups is 2. The molecule has 13 heavy (non-hydrogen) atoms. The zero-order chi connectivity index (χ0) is 10.6. The van der Waals surface area contributed by atoms with Crippen molar-refractivity contribution in [1.29, 1.82) is 0 Å². The van der Waals surface area contributed by atoms with Gasteiger partial charge in [0.05, 0.1) is 0 Å². The van der Waals surface area contributed by atoms with Crippen LogP contribution in [0.4, 0.5) is 13.2 Å². The molecule has 0 radical (unpaired) electrons. The van der Waals surface area contributed by atoms with E-state index in [2.05, 4.69) is 10.5 Å². The number of hydrogen-bond acceptors (Lipinski definition) is 4. The molecule has 4 N–H and O–H groups in total. The van der Waals surface area contributed by atoms with Crippen LogP contribution in [0.2, 0.25) is 0 Å². The Balaban J connectivity index is 3.91. The van der Waals surface area contributed by atoms with E-state index in [1.54, 1.807) is 0 Å². The highest BCUT2D eigenvalue weighted by atomic mass is 19.4. The Kier molecular flexibility index (Phi) is 3.67. The second-order valence-corrected chi connectivity index (χ2v) is 2.11. The summed E-state index contributed by atoms with van der Waals surface area (Å²) in [5.74, 6) is -3.45. The summed E-state index contributed by atoms with van der Waals surface area (Å²) in [5, 5.41) is 0. The molecule has 8 heteroatoms. The van der Waals surface area contributed by atoms with E-state index in [0.717, 1.165) is 0 Å². The van der Waals surface area contributed by atoms with E-state index >= 15 is 0 Å². The number of amides is 1. The minimum absolute atomic E-state index is 0.881. The second-order valence-electron chi connectivity index (χ2n) is 2.11.